The number of hydrazone groups is 1. The van der Waals surface area contributed by atoms with Gasteiger partial charge in [0, 0.05) is 38.8 Å². The van der Waals surface area contributed by atoms with Crippen molar-refractivity contribution >= 4 is 49.0 Å². The van der Waals surface area contributed by atoms with Gasteiger partial charge in [-0.1, -0.05) is 43.7 Å². The van der Waals surface area contributed by atoms with Crippen molar-refractivity contribution in [2.75, 3.05) is 39.0 Å². The van der Waals surface area contributed by atoms with Gasteiger partial charge < -0.3 is 21.0 Å². The number of unbranched alkanes of at least 4 members (excludes halogenated alkanes) is 1. The summed E-state index contributed by atoms with van der Waals surface area (Å²) in [5.41, 5.74) is 0. The van der Waals surface area contributed by atoms with E-state index in [1.54, 1.807) is 18.2 Å². The van der Waals surface area contributed by atoms with Gasteiger partial charge in [-0.25, -0.2) is 21.6 Å². The Hall–Kier alpha value is -3.27. The normalized spacial score (nSPS) is 16.8. The summed E-state index contributed by atoms with van der Waals surface area (Å²) in [6.45, 7) is 3.20. The fraction of sp³-hybridized carbons (Fsp3) is 0.536. The summed E-state index contributed by atoms with van der Waals surface area (Å²) in [6.07, 6.45) is 6.26. The zero-order chi connectivity index (χ0) is 31.5. The van der Waals surface area contributed by atoms with Crippen LogP contribution in [-0.4, -0.2) is 95.9 Å². The zero-order valence-corrected chi connectivity index (χ0v) is 26.4. The van der Waals surface area contributed by atoms with Crippen LogP contribution in [0.15, 0.2) is 52.5 Å². The van der Waals surface area contributed by atoms with Crippen LogP contribution in [0.2, 0.25) is 0 Å². The summed E-state index contributed by atoms with van der Waals surface area (Å²) in [7, 11) is -7.72. The molecule has 0 aliphatic carbocycles. The molecule has 0 aromatic heterocycles. The van der Waals surface area contributed by atoms with Gasteiger partial charge in [0.05, 0.1) is 17.6 Å². The minimum Gasteiger partial charge on any atom is -0.356 e. The zero-order valence-electron chi connectivity index (χ0n) is 24.7. The fourth-order valence-corrected chi connectivity index (χ4v) is 6.69. The second-order valence-electron chi connectivity index (χ2n) is 10.7. The summed E-state index contributed by atoms with van der Waals surface area (Å²) in [5.74, 6) is 4.22. The number of hydrogen-bond donors (Lipinski definition) is 4. The van der Waals surface area contributed by atoms with E-state index in [1.807, 2.05) is 24.0 Å². The van der Waals surface area contributed by atoms with Crippen LogP contribution in [0.4, 0.5) is 0 Å². The van der Waals surface area contributed by atoms with E-state index in [-0.39, 0.29) is 37.1 Å². The smallest absolute Gasteiger partial charge is 0.241 e. The number of hydrogen-bond acceptors (Lipinski definition) is 8. The third-order valence-electron chi connectivity index (χ3n) is 7.28. The van der Waals surface area contributed by atoms with Crippen molar-refractivity contribution in [1.82, 2.24) is 24.6 Å². The van der Waals surface area contributed by atoms with E-state index in [0.717, 1.165) is 43.9 Å². The number of piperidine rings is 1. The highest BCUT2D eigenvalue weighted by atomic mass is 32.2. The SMILES string of the molecule is CCCCN(CCNS(C)(=O)=O)C(=O)[C@H](CC(=O)NC[C@@H]1CCCCN1C=NN)NS(=O)(=O)c1ccc2ccccc2c1. The number of fused-ring (bicyclic) bond motifs is 1. The number of carbonyl (C=O) groups excluding carboxylic acids is 2. The molecule has 1 fully saturated rings. The Morgan fingerprint density at radius 3 is 2.56 bits per heavy atom. The molecule has 0 bridgehead atoms. The lowest BCUT2D eigenvalue weighted by atomic mass is 10.0. The van der Waals surface area contributed by atoms with Crippen molar-refractivity contribution in [3.8, 4) is 0 Å². The molecule has 2 aromatic rings. The Morgan fingerprint density at radius 2 is 1.86 bits per heavy atom. The van der Waals surface area contributed by atoms with E-state index in [0.29, 0.717) is 11.8 Å². The lowest BCUT2D eigenvalue weighted by Crippen LogP contribution is -2.53. The van der Waals surface area contributed by atoms with E-state index in [2.05, 4.69) is 19.9 Å². The minimum atomic E-state index is -4.22. The maximum Gasteiger partial charge on any atom is 0.241 e. The van der Waals surface area contributed by atoms with Crippen molar-refractivity contribution in [2.24, 2.45) is 10.9 Å². The molecule has 1 aliphatic rings. The fourth-order valence-electron chi connectivity index (χ4n) is 5.01. The summed E-state index contributed by atoms with van der Waals surface area (Å²) in [6, 6.07) is 10.5. The highest BCUT2D eigenvalue weighted by molar-refractivity contribution is 7.89. The molecule has 0 saturated carbocycles. The molecule has 15 heteroatoms. The molecule has 0 spiro atoms. The first-order valence-electron chi connectivity index (χ1n) is 14.4. The van der Waals surface area contributed by atoms with E-state index in [1.165, 1.54) is 23.4 Å². The molecular formula is C28H43N7O6S2. The van der Waals surface area contributed by atoms with Crippen molar-refractivity contribution in [1.29, 1.82) is 0 Å². The van der Waals surface area contributed by atoms with Gasteiger partial charge in [0.25, 0.3) is 0 Å². The number of rotatable bonds is 16. The van der Waals surface area contributed by atoms with E-state index < -0.39 is 44.3 Å². The number of nitrogens with zero attached hydrogens (tertiary/aromatic N) is 3. The lowest BCUT2D eigenvalue weighted by Gasteiger charge is -2.34. The average Bonchev–Trinajstić information content (AvgIpc) is 2.97. The summed E-state index contributed by atoms with van der Waals surface area (Å²) in [4.78, 5) is 30.3. The standard InChI is InChI=1S/C28H43N7O6S2/c1-3-4-15-34(17-14-32-42(2,38)39)28(37)26(19-27(36)30-20-24-11-7-8-16-35(24)21-31-29)33-43(40,41)25-13-12-22-9-5-6-10-23(22)18-25/h5-6,9-10,12-13,18,21,24,26,32-33H,3-4,7-8,11,14-17,19-20,29H2,1-2H3,(H,30,36)/t24-,26-/m0/s1. The van der Waals surface area contributed by atoms with Gasteiger partial charge in [-0.15, -0.1) is 0 Å². The maximum atomic E-state index is 13.8. The van der Waals surface area contributed by atoms with E-state index in [9.17, 15) is 26.4 Å². The topological polar surface area (TPSA) is 183 Å². The highest BCUT2D eigenvalue weighted by Crippen LogP contribution is 2.20. The molecule has 1 heterocycles. The number of likely N-dealkylation sites (tertiary alicyclic amines) is 1. The van der Waals surface area contributed by atoms with Crippen LogP contribution >= 0.6 is 0 Å². The number of sulfonamides is 2. The molecule has 5 N–H and O–H groups in total. The molecular weight excluding hydrogens is 594 g/mol. The third kappa shape index (κ3) is 10.7. The summed E-state index contributed by atoms with van der Waals surface area (Å²) >= 11 is 0. The van der Waals surface area contributed by atoms with Gasteiger partial charge in [0.1, 0.15) is 12.4 Å². The van der Waals surface area contributed by atoms with Gasteiger partial charge in [0.2, 0.25) is 31.9 Å². The van der Waals surface area contributed by atoms with Gasteiger partial charge in [0.15, 0.2) is 0 Å². The molecule has 0 radical (unpaired) electrons. The predicted molar refractivity (Wildman–Crippen MR) is 167 cm³/mol. The van der Waals surface area contributed by atoms with Crippen LogP contribution < -0.4 is 20.6 Å². The van der Waals surface area contributed by atoms with Crippen LogP contribution in [0.3, 0.4) is 0 Å². The second-order valence-corrected chi connectivity index (χ2v) is 14.2. The van der Waals surface area contributed by atoms with Crippen molar-refractivity contribution < 1.29 is 26.4 Å². The molecule has 3 rings (SSSR count). The highest BCUT2D eigenvalue weighted by Gasteiger charge is 2.32. The van der Waals surface area contributed by atoms with Crippen LogP contribution in [0, 0.1) is 0 Å². The minimum absolute atomic E-state index is 0.0111. The quantitative estimate of drug-likeness (QED) is 0.0907. The average molecular weight is 638 g/mol. The number of nitrogens with two attached hydrogens (primary N) is 1. The van der Waals surface area contributed by atoms with E-state index >= 15 is 0 Å². The molecule has 2 aromatic carbocycles. The molecule has 1 aliphatic heterocycles. The Labute approximate surface area is 254 Å². The van der Waals surface area contributed by atoms with E-state index in [4.69, 9.17) is 5.84 Å². The molecule has 43 heavy (non-hydrogen) atoms. The second kappa shape index (κ2) is 16.0. The number of carbonyl (C=O) groups is 2. The molecule has 2 amide bonds. The Bertz CT molecular complexity index is 1480. The Kier molecular flexibility index (Phi) is 12.7. The van der Waals surface area contributed by atoms with Crippen LogP contribution in [0.5, 0.6) is 0 Å². The number of nitrogens with one attached hydrogen (secondary N) is 3. The summed E-state index contributed by atoms with van der Waals surface area (Å²) < 4.78 is 55.1. The van der Waals surface area contributed by atoms with Crippen molar-refractivity contribution in [2.45, 2.75) is 62.4 Å². The summed E-state index contributed by atoms with van der Waals surface area (Å²) in [5, 5.41) is 8.00. The predicted octanol–water partition coefficient (Wildman–Crippen LogP) is 0.927. The van der Waals surface area contributed by atoms with Gasteiger partial charge >= 0.3 is 0 Å². The Morgan fingerprint density at radius 1 is 1.12 bits per heavy atom. The largest absolute Gasteiger partial charge is 0.356 e. The molecule has 1 saturated heterocycles. The number of amides is 2. The first kappa shape index (κ1) is 34.2. The number of benzene rings is 2. The van der Waals surface area contributed by atoms with Gasteiger partial charge in [-0.3, -0.25) is 9.59 Å². The molecule has 2 atom stereocenters. The molecule has 13 nitrogen and oxygen atoms in total. The first-order chi connectivity index (χ1) is 20.4. The van der Waals surface area contributed by atoms with Crippen LogP contribution in [-0.2, 0) is 29.6 Å². The third-order valence-corrected chi connectivity index (χ3v) is 9.48. The van der Waals surface area contributed by atoms with Crippen LogP contribution in [0.25, 0.3) is 10.8 Å². The van der Waals surface area contributed by atoms with Crippen molar-refractivity contribution in [3.05, 3.63) is 42.5 Å². The maximum absolute atomic E-state index is 13.8. The molecule has 0 unspecified atom stereocenters. The van der Waals surface area contributed by atoms with Gasteiger partial charge in [-0.2, -0.15) is 9.82 Å². The first-order valence-corrected chi connectivity index (χ1v) is 17.8. The Balaban J connectivity index is 1.83. The van der Waals surface area contributed by atoms with Gasteiger partial charge in [-0.05, 0) is 48.6 Å². The monoisotopic (exact) mass is 637 g/mol. The molecule has 238 valence electrons. The lowest BCUT2D eigenvalue weighted by molar-refractivity contribution is -0.135. The van der Waals surface area contributed by atoms with Crippen LogP contribution in [0.1, 0.15) is 45.4 Å². The van der Waals surface area contributed by atoms with Crippen molar-refractivity contribution in [3.63, 3.8) is 0 Å².